The van der Waals surface area contributed by atoms with Crippen molar-refractivity contribution in [1.82, 2.24) is 0 Å². The number of carbonyl (C=O) groups is 1. The van der Waals surface area contributed by atoms with Crippen LogP contribution in [0.5, 0.6) is 17.2 Å². The lowest BCUT2D eigenvalue weighted by molar-refractivity contribution is -0.129. The second-order valence-corrected chi connectivity index (χ2v) is 5.67. The zero-order valence-corrected chi connectivity index (χ0v) is 14.2. The van der Waals surface area contributed by atoms with Gasteiger partial charge in [-0.15, -0.1) is 0 Å². The Balaban J connectivity index is 1.65. The van der Waals surface area contributed by atoms with Crippen molar-refractivity contribution in [2.24, 2.45) is 4.99 Å². The molecule has 0 radical (unpaired) electrons. The van der Waals surface area contributed by atoms with Gasteiger partial charge in [0.05, 0.1) is 12.2 Å². The minimum Gasteiger partial charge on any atom is -0.493 e. The summed E-state index contributed by atoms with van der Waals surface area (Å²) in [7, 11) is 0. The van der Waals surface area contributed by atoms with Gasteiger partial charge in [-0.2, -0.15) is 0 Å². The summed E-state index contributed by atoms with van der Waals surface area (Å²) in [6, 6.07) is 12.8. The van der Waals surface area contributed by atoms with Crippen LogP contribution in [0.25, 0.3) is 6.08 Å². The number of rotatable bonds is 4. The maximum atomic E-state index is 12.2. The molecule has 0 saturated carbocycles. The molecule has 6 heteroatoms. The third-order valence-electron chi connectivity index (χ3n) is 3.91. The van der Waals surface area contributed by atoms with Crippen molar-refractivity contribution in [3.63, 3.8) is 0 Å². The van der Waals surface area contributed by atoms with Crippen LogP contribution in [0.1, 0.15) is 18.1 Å². The van der Waals surface area contributed by atoms with Crippen molar-refractivity contribution in [2.75, 3.05) is 19.8 Å². The van der Waals surface area contributed by atoms with Gasteiger partial charge in [-0.1, -0.05) is 18.2 Å². The molecule has 2 aromatic rings. The van der Waals surface area contributed by atoms with Crippen LogP contribution in [0.2, 0.25) is 0 Å². The molecule has 2 aliphatic rings. The van der Waals surface area contributed by atoms with E-state index in [1.807, 2.05) is 49.4 Å². The first-order valence-corrected chi connectivity index (χ1v) is 8.39. The third-order valence-corrected chi connectivity index (χ3v) is 3.91. The number of aliphatic imine (C=N–C) groups is 1. The van der Waals surface area contributed by atoms with Crippen LogP contribution < -0.4 is 14.2 Å². The highest BCUT2D eigenvalue weighted by Gasteiger charge is 2.26. The highest BCUT2D eigenvalue weighted by atomic mass is 16.6. The fraction of sp³-hybridized carbons (Fsp3) is 0.200. The average Bonchev–Trinajstić information content (AvgIpc) is 3.03. The van der Waals surface area contributed by atoms with E-state index in [-0.39, 0.29) is 11.6 Å². The Bertz CT molecular complexity index is 916. The normalized spacial score (nSPS) is 17.0. The Kier molecular flexibility index (Phi) is 4.31. The molecule has 0 amide bonds. The zero-order chi connectivity index (χ0) is 17.9. The number of hydrogen-bond acceptors (Lipinski definition) is 6. The van der Waals surface area contributed by atoms with Gasteiger partial charge in [-0.05, 0) is 42.8 Å². The predicted molar refractivity (Wildman–Crippen MR) is 95.6 cm³/mol. The second kappa shape index (κ2) is 6.92. The number of hydrogen-bond donors (Lipinski definition) is 0. The van der Waals surface area contributed by atoms with Crippen LogP contribution in [-0.2, 0) is 9.53 Å². The summed E-state index contributed by atoms with van der Waals surface area (Å²) < 4.78 is 22.0. The number of ether oxygens (including phenoxy) is 4. The number of cyclic esters (lactones) is 1. The van der Waals surface area contributed by atoms with Crippen molar-refractivity contribution in [3.8, 4) is 17.2 Å². The summed E-state index contributed by atoms with van der Waals surface area (Å²) in [6.07, 6.45) is 1.66. The van der Waals surface area contributed by atoms with E-state index in [0.29, 0.717) is 42.6 Å². The lowest BCUT2D eigenvalue weighted by Gasteiger charge is -2.18. The monoisotopic (exact) mass is 351 g/mol. The average molecular weight is 351 g/mol. The largest absolute Gasteiger partial charge is 0.493 e. The van der Waals surface area contributed by atoms with E-state index < -0.39 is 5.97 Å². The molecule has 0 saturated heterocycles. The fourth-order valence-corrected chi connectivity index (χ4v) is 2.76. The van der Waals surface area contributed by atoms with E-state index in [1.165, 1.54) is 0 Å². The van der Waals surface area contributed by atoms with Crippen molar-refractivity contribution in [2.45, 2.75) is 6.92 Å². The number of fused-ring (bicyclic) bond motifs is 1. The molecule has 6 nitrogen and oxygen atoms in total. The molecule has 0 unspecified atom stereocenters. The van der Waals surface area contributed by atoms with Gasteiger partial charge in [-0.25, -0.2) is 9.79 Å². The van der Waals surface area contributed by atoms with Crippen molar-refractivity contribution in [1.29, 1.82) is 0 Å². The Morgan fingerprint density at radius 3 is 2.77 bits per heavy atom. The van der Waals surface area contributed by atoms with Gasteiger partial charge in [-0.3, -0.25) is 0 Å². The Labute approximate surface area is 150 Å². The summed E-state index contributed by atoms with van der Waals surface area (Å²) in [5.74, 6) is 1.72. The molecular formula is C20H17NO5. The SMILES string of the molecule is CCOc1ccccc1C1=N/C(=C\c2ccc3c(c2)OCCO3)C(=O)O1. The van der Waals surface area contributed by atoms with Crippen molar-refractivity contribution < 1.29 is 23.7 Å². The van der Waals surface area contributed by atoms with Crippen LogP contribution in [-0.4, -0.2) is 31.7 Å². The first-order valence-electron chi connectivity index (χ1n) is 8.39. The zero-order valence-electron chi connectivity index (χ0n) is 14.2. The van der Waals surface area contributed by atoms with E-state index in [1.54, 1.807) is 6.08 Å². The second-order valence-electron chi connectivity index (χ2n) is 5.67. The first-order chi connectivity index (χ1) is 12.7. The molecular weight excluding hydrogens is 334 g/mol. The summed E-state index contributed by atoms with van der Waals surface area (Å²) in [5.41, 5.74) is 1.65. The number of esters is 1. The standard InChI is InChI=1S/C20H17NO5/c1-2-23-16-6-4-3-5-14(16)19-21-15(20(22)26-19)11-13-7-8-17-18(12-13)25-10-9-24-17/h3-8,11-12H,2,9-10H2,1H3/b15-11-. The molecule has 132 valence electrons. The molecule has 0 atom stereocenters. The number of benzene rings is 2. The summed E-state index contributed by atoms with van der Waals surface area (Å²) in [6.45, 7) is 3.45. The van der Waals surface area contributed by atoms with Gasteiger partial charge in [0.1, 0.15) is 19.0 Å². The van der Waals surface area contributed by atoms with Crippen molar-refractivity contribution >= 4 is 17.9 Å². The van der Waals surface area contributed by atoms with Gasteiger partial charge in [0.25, 0.3) is 0 Å². The molecule has 0 N–H and O–H groups in total. The Hall–Kier alpha value is -3.28. The minimum absolute atomic E-state index is 0.225. The predicted octanol–water partition coefficient (Wildman–Crippen LogP) is 3.20. The number of carbonyl (C=O) groups excluding carboxylic acids is 1. The molecule has 2 heterocycles. The number of para-hydroxylation sites is 1. The van der Waals surface area contributed by atoms with Crippen molar-refractivity contribution in [3.05, 3.63) is 59.3 Å². The van der Waals surface area contributed by atoms with Gasteiger partial charge in [0.15, 0.2) is 17.2 Å². The molecule has 0 aliphatic carbocycles. The molecule has 0 aromatic heterocycles. The van der Waals surface area contributed by atoms with E-state index in [2.05, 4.69) is 4.99 Å². The van der Waals surface area contributed by atoms with Gasteiger partial charge in [0.2, 0.25) is 5.90 Å². The fourth-order valence-electron chi connectivity index (χ4n) is 2.76. The van der Waals surface area contributed by atoms with Crippen LogP contribution in [0.4, 0.5) is 0 Å². The quantitative estimate of drug-likeness (QED) is 0.625. The van der Waals surface area contributed by atoms with Crippen LogP contribution in [0, 0.1) is 0 Å². The topological polar surface area (TPSA) is 66.3 Å². The first kappa shape index (κ1) is 16.2. The summed E-state index contributed by atoms with van der Waals surface area (Å²) >= 11 is 0. The van der Waals surface area contributed by atoms with E-state index in [0.717, 1.165) is 5.56 Å². The van der Waals surface area contributed by atoms with Crippen LogP contribution in [0.3, 0.4) is 0 Å². The number of nitrogens with zero attached hydrogens (tertiary/aromatic N) is 1. The maximum Gasteiger partial charge on any atom is 0.363 e. The maximum absolute atomic E-state index is 12.2. The third kappa shape index (κ3) is 3.13. The minimum atomic E-state index is -0.499. The lowest BCUT2D eigenvalue weighted by Crippen LogP contribution is -2.15. The summed E-state index contributed by atoms with van der Waals surface area (Å²) in [5, 5.41) is 0. The molecule has 0 bridgehead atoms. The van der Waals surface area contributed by atoms with Gasteiger partial charge >= 0.3 is 5.97 Å². The molecule has 26 heavy (non-hydrogen) atoms. The van der Waals surface area contributed by atoms with E-state index in [9.17, 15) is 4.79 Å². The molecule has 0 fully saturated rings. The molecule has 2 aromatic carbocycles. The van der Waals surface area contributed by atoms with E-state index >= 15 is 0 Å². The smallest absolute Gasteiger partial charge is 0.363 e. The molecule has 0 spiro atoms. The van der Waals surface area contributed by atoms with Gasteiger partial charge < -0.3 is 18.9 Å². The van der Waals surface area contributed by atoms with Gasteiger partial charge in [0, 0.05) is 0 Å². The van der Waals surface area contributed by atoms with Crippen LogP contribution >= 0.6 is 0 Å². The summed E-state index contributed by atoms with van der Waals surface area (Å²) in [4.78, 5) is 16.6. The lowest BCUT2D eigenvalue weighted by atomic mass is 10.1. The highest BCUT2D eigenvalue weighted by Crippen LogP contribution is 2.32. The van der Waals surface area contributed by atoms with E-state index in [4.69, 9.17) is 18.9 Å². The molecule has 4 rings (SSSR count). The van der Waals surface area contributed by atoms with Crippen LogP contribution in [0.15, 0.2) is 53.2 Å². The molecule has 2 aliphatic heterocycles. The Morgan fingerprint density at radius 2 is 1.92 bits per heavy atom. The highest BCUT2D eigenvalue weighted by molar-refractivity contribution is 6.13. The Morgan fingerprint density at radius 1 is 1.12 bits per heavy atom.